The topological polar surface area (TPSA) is 35.2 Å². The average molecular weight is 361 g/mol. The van der Waals surface area contributed by atoms with Crippen LogP contribution in [0.25, 0.3) is 0 Å². The maximum atomic E-state index is 12.9. The summed E-state index contributed by atoms with van der Waals surface area (Å²) in [5, 5.41) is 0. The van der Waals surface area contributed by atoms with E-state index in [1.807, 2.05) is 12.1 Å². The van der Waals surface area contributed by atoms with Gasteiger partial charge in [0.1, 0.15) is 11.6 Å². The van der Waals surface area contributed by atoms with Gasteiger partial charge >= 0.3 is 0 Å². The van der Waals surface area contributed by atoms with E-state index in [9.17, 15) is 4.39 Å². The number of ether oxygens (including phenoxy) is 1. The number of hydrogen-bond donors (Lipinski definition) is 1. The maximum Gasteiger partial charge on any atom is 0.150 e. The first kappa shape index (κ1) is 12.4. The van der Waals surface area contributed by atoms with Crippen molar-refractivity contribution in [2.24, 2.45) is 0 Å². The van der Waals surface area contributed by atoms with Crippen LogP contribution in [0.5, 0.6) is 11.5 Å². The van der Waals surface area contributed by atoms with Crippen LogP contribution in [0.15, 0.2) is 45.3 Å². The van der Waals surface area contributed by atoms with Crippen LogP contribution in [0, 0.1) is 5.82 Å². The van der Waals surface area contributed by atoms with Crippen molar-refractivity contribution in [2.45, 2.75) is 0 Å². The molecule has 0 heterocycles. The molecule has 0 aromatic heterocycles. The highest BCUT2D eigenvalue weighted by molar-refractivity contribution is 9.11. The number of benzene rings is 2. The van der Waals surface area contributed by atoms with Crippen molar-refractivity contribution in [3.05, 3.63) is 51.2 Å². The van der Waals surface area contributed by atoms with E-state index in [1.165, 1.54) is 18.2 Å². The van der Waals surface area contributed by atoms with Crippen LogP contribution in [0.4, 0.5) is 10.1 Å². The molecular weight excluding hydrogens is 353 g/mol. The highest BCUT2D eigenvalue weighted by Crippen LogP contribution is 2.34. The zero-order chi connectivity index (χ0) is 12.4. The zero-order valence-electron chi connectivity index (χ0n) is 8.58. The van der Waals surface area contributed by atoms with E-state index in [4.69, 9.17) is 10.5 Å². The van der Waals surface area contributed by atoms with Gasteiger partial charge in [-0.05, 0) is 46.3 Å². The minimum atomic E-state index is -0.385. The number of rotatable bonds is 2. The molecule has 0 bridgehead atoms. The van der Waals surface area contributed by atoms with Gasteiger partial charge in [-0.3, -0.25) is 0 Å². The fourth-order valence-electron chi connectivity index (χ4n) is 1.29. The summed E-state index contributed by atoms with van der Waals surface area (Å²) in [7, 11) is 0. The van der Waals surface area contributed by atoms with Crippen LogP contribution >= 0.6 is 31.9 Å². The van der Waals surface area contributed by atoms with Crippen LogP contribution in [0.1, 0.15) is 0 Å². The SMILES string of the molecule is Nc1cc(F)ccc1Oc1ccc(Br)cc1Br. The Morgan fingerprint density at radius 1 is 1.00 bits per heavy atom. The molecule has 0 atom stereocenters. The molecule has 0 radical (unpaired) electrons. The number of hydrogen-bond acceptors (Lipinski definition) is 2. The molecule has 0 saturated heterocycles. The summed E-state index contributed by atoms with van der Waals surface area (Å²) >= 11 is 6.72. The Kier molecular flexibility index (Phi) is 3.69. The normalized spacial score (nSPS) is 10.3. The minimum absolute atomic E-state index is 0.264. The molecule has 0 aliphatic rings. The number of nitrogens with two attached hydrogens (primary N) is 1. The fourth-order valence-corrected chi connectivity index (χ4v) is 2.42. The molecule has 2 N–H and O–H groups in total. The molecule has 2 rings (SSSR count). The van der Waals surface area contributed by atoms with E-state index in [0.717, 1.165) is 8.95 Å². The lowest BCUT2D eigenvalue weighted by molar-refractivity contribution is 0.480. The standard InChI is InChI=1S/C12H8Br2FNO/c13-7-1-3-11(9(14)5-7)17-12-4-2-8(15)6-10(12)16/h1-6H,16H2. The minimum Gasteiger partial charge on any atom is -0.454 e. The highest BCUT2D eigenvalue weighted by Gasteiger charge is 2.06. The summed E-state index contributed by atoms with van der Waals surface area (Å²) in [6.07, 6.45) is 0. The summed E-state index contributed by atoms with van der Waals surface area (Å²) in [4.78, 5) is 0. The Labute approximate surface area is 115 Å². The Bertz CT molecular complexity index is 511. The van der Waals surface area contributed by atoms with Gasteiger partial charge in [-0.25, -0.2) is 4.39 Å². The summed E-state index contributed by atoms with van der Waals surface area (Å²) < 4.78 is 20.2. The molecule has 0 aliphatic carbocycles. The molecule has 88 valence electrons. The average Bonchev–Trinajstić information content (AvgIpc) is 2.25. The molecule has 0 unspecified atom stereocenters. The Morgan fingerprint density at radius 2 is 1.71 bits per heavy atom. The molecule has 0 amide bonds. The van der Waals surface area contributed by atoms with Gasteiger partial charge < -0.3 is 10.5 Å². The van der Waals surface area contributed by atoms with Crippen LogP contribution in [0.3, 0.4) is 0 Å². The monoisotopic (exact) mass is 359 g/mol. The van der Waals surface area contributed by atoms with Gasteiger partial charge in [0.2, 0.25) is 0 Å². The van der Waals surface area contributed by atoms with Gasteiger partial charge in [0, 0.05) is 10.5 Å². The summed E-state index contributed by atoms with van der Waals surface area (Å²) in [6.45, 7) is 0. The zero-order valence-corrected chi connectivity index (χ0v) is 11.8. The molecule has 0 saturated carbocycles. The maximum absolute atomic E-state index is 12.9. The smallest absolute Gasteiger partial charge is 0.150 e. The van der Waals surface area contributed by atoms with Crippen LogP contribution < -0.4 is 10.5 Å². The van der Waals surface area contributed by atoms with Gasteiger partial charge in [-0.2, -0.15) is 0 Å². The number of anilines is 1. The van der Waals surface area contributed by atoms with Crippen molar-refractivity contribution in [2.75, 3.05) is 5.73 Å². The van der Waals surface area contributed by atoms with E-state index in [1.54, 1.807) is 6.07 Å². The fraction of sp³-hybridized carbons (Fsp3) is 0. The largest absolute Gasteiger partial charge is 0.454 e. The third-order valence-electron chi connectivity index (χ3n) is 2.09. The summed E-state index contributed by atoms with van der Waals surface area (Å²) in [5.41, 5.74) is 5.92. The van der Waals surface area contributed by atoms with E-state index >= 15 is 0 Å². The molecule has 17 heavy (non-hydrogen) atoms. The van der Waals surface area contributed by atoms with E-state index < -0.39 is 0 Å². The predicted octanol–water partition coefficient (Wildman–Crippen LogP) is 4.73. The quantitative estimate of drug-likeness (QED) is 0.786. The lowest BCUT2D eigenvalue weighted by Gasteiger charge is -2.10. The van der Waals surface area contributed by atoms with Crippen molar-refractivity contribution in [3.8, 4) is 11.5 Å². The number of nitrogen functional groups attached to an aromatic ring is 1. The second kappa shape index (κ2) is 5.06. The molecule has 2 aromatic rings. The van der Waals surface area contributed by atoms with Crippen LogP contribution in [0.2, 0.25) is 0 Å². The highest BCUT2D eigenvalue weighted by atomic mass is 79.9. The molecular formula is C12H8Br2FNO. The lowest BCUT2D eigenvalue weighted by Crippen LogP contribution is -1.93. The molecule has 2 nitrogen and oxygen atoms in total. The summed E-state index contributed by atoms with van der Waals surface area (Å²) in [5.74, 6) is 0.658. The second-order valence-corrected chi connectivity index (χ2v) is 5.13. The molecule has 0 aliphatic heterocycles. The van der Waals surface area contributed by atoms with Gasteiger partial charge in [0.15, 0.2) is 5.75 Å². The Hall–Kier alpha value is -1.07. The van der Waals surface area contributed by atoms with E-state index in [0.29, 0.717) is 11.5 Å². The van der Waals surface area contributed by atoms with Crippen molar-refractivity contribution in [1.82, 2.24) is 0 Å². The third-order valence-corrected chi connectivity index (χ3v) is 3.20. The van der Waals surface area contributed by atoms with Gasteiger partial charge in [0.25, 0.3) is 0 Å². The molecule has 5 heteroatoms. The van der Waals surface area contributed by atoms with Crippen LogP contribution in [-0.2, 0) is 0 Å². The molecule has 0 fully saturated rings. The van der Waals surface area contributed by atoms with E-state index in [-0.39, 0.29) is 11.5 Å². The first-order valence-electron chi connectivity index (χ1n) is 4.74. The number of halogens is 3. The van der Waals surface area contributed by atoms with Crippen molar-refractivity contribution < 1.29 is 9.13 Å². The first-order valence-corrected chi connectivity index (χ1v) is 6.33. The van der Waals surface area contributed by atoms with Crippen molar-refractivity contribution >= 4 is 37.5 Å². The van der Waals surface area contributed by atoms with Crippen LogP contribution in [-0.4, -0.2) is 0 Å². The lowest BCUT2D eigenvalue weighted by atomic mass is 10.3. The Morgan fingerprint density at radius 3 is 2.35 bits per heavy atom. The second-order valence-electron chi connectivity index (χ2n) is 3.36. The Balaban J connectivity index is 2.31. The predicted molar refractivity (Wildman–Crippen MR) is 72.7 cm³/mol. The van der Waals surface area contributed by atoms with Gasteiger partial charge in [0.05, 0.1) is 10.2 Å². The van der Waals surface area contributed by atoms with Gasteiger partial charge in [-0.1, -0.05) is 15.9 Å². The molecule has 0 spiro atoms. The first-order chi connectivity index (χ1) is 8.06. The van der Waals surface area contributed by atoms with Gasteiger partial charge in [-0.15, -0.1) is 0 Å². The van der Waals surface area contributed by atoms with Crippen molar-refractivity contribution in [1.29, 1.82) is 0 Å². The van der Waals surface area contributed by atoms with E-state index in [2.05, 4.69) is 31.9 Å². The van der Waals surface area contributed by atoms with Crippen molar-refractivity contribution in [3.63, 3.8) is 0 Å². The summed E-state index contributed by atoms with van der Waals surface area (Å²) in [6, 6.07) is 9.52. The third kappa shape index (κ3) is 2.98. The molecule has 2 aromatic carbocycles.